The van der Waals surface area contributed by atoms with E-state index in [1.165, 1.54) is 11.3 Å². The molecule has 6 rings (SSSR count). The van der Waals surface area contributed by atoms with Gasteiger partial charge in [-0.25, -0.2) is 9.78 Å². The van der Waals surface area contributed by atoms with Crippen molar-refractivity contribution in [3.8, 4) is 10.6 Å². The Kier molecular flexibility index (Phi) is 7.56. The Morgan fingerprint density at radius 1 is 1.14 bits per heavy atom. The van der Waals surface area contributed by atoms with Gasteiger partial charge in [0.2, 0.25) is 0 Å². The highest BCUT2D eigenvalue weighted by molar-refractivity contribution is 7.13. The molecular weight excluding hydrogens is 552 g/mol. The van der Waals surface area contributed by atoms with Crippen molar-refractivity contribution in [3.05, 3.63) is 47.9 Å². The van der Waals surface area contributed by atoms with Gasteiger partial charge in [0.15, 0.2) is 0 Å². The molecule has 0 unspecified atom stereocenters. The molecular formula is C30H36N8O3S. The van der Waals surface area contributed by atoms with Crippen LogP contribution in [-0.4, -0.2) is 74.1 Å². The zero-order chi connectivity index (χ0) is 29.4. The summed E-state index contributed by atoms with van der Waals surface area (Å²) in [7, 11) is 1.79. The number of hydrogen-bond acceptors (Lipinski definition) is 9. The molecule has 1 aliphatic carbocycles. The van der Waals surface area contributed by atoms with Crippen LogP contribution in [0.5, 0.6) is 0 Å². The summed E-state index contributed by atoms with van der Waals surface area (Å²) in [4.78, 5) is 34.7. The highest BCUT2D eigenvalue weighted by Crippen LogP contribution is 2.42. The van der Waals surface area contributed by atoms with Crippen LogP contribution in [0.1, 0.15) is 63.0 Å². The summed E-state index contributed by atoms with van der Waals surface area (Å²) in [6, 6.07) is 6.28. The molecule has 0 bridgehead atoms. The molecule has 1 aliphatic heterocycles. The van der Waals surface area contributed by atoms with Gasteiger partial charge >= 0.3 is 6.09 Å². The third kappa shape index (κ3) is 6.08. The molecule has 11 nitrogen and oxygen atoms in total. The van der Waals surface area contributed by atoms with Gasteiger partial charge in [0, 0.05) is 43.0 Å². The molecule has 220 valence electrons. The Labute approximate surface area is 248 Å². The summed E-state index contributed by atoms with van der Waals surface area (Å²) in [5.74, 6) is -0.0171. The van der Waals surface area contributed by atoms with Gasteiger partial charge in [-0.1, -0.05) is 0 Å². The Balaban J connectivity index is 1.26. The number of benzene rings is 1. The number of amides is 2. The number of anilines is 2. The number of nitrogens with one attached hydrogen (secondary N) is 1. The minimum absolute atomic E-state index is 0.253. The first kappa shape index (κ1) is 28.1. The summed E-state index contributed by atoms with van der Waals surface area (Å²) >= 11 is 1.40. The van der Waals surface area contributed by atoms with Crippen molar-refractivity contribution in [2.75, 3.05) is 36.9 Å². The zero-order valence-electron chi connectivity index (χ0n) is 24.4. The number of hydrogen-bond donors (Lipinski definition) is 1. The van der Waals surface area contributed by atoms with Crippen molar-refractivity contribution in [2.45, 2.75) is 58.1 Å². The summed E-state index contributed by atoms with van der Waals surface area (Å²) < 4.78 is 7.69. The molecule has 1 saturated carbocycles. The Morgan fingerprint density at radius 2 is 1.98 bits per heavy atom. The molecule has 1 aromatic carbocycles. The van der Waals surface area contributed by atoms with Crippen LogP contribution in [0.3, 0.4) is 0 Å². The van der Waals surface area contributed by atoms with E-state index in [0.29, 0.717) is 23.3 Å². The van der Waals surface area contributed by atoms with Crippen molar-refractivity contribution in [1.82, 2.24) is 29.9 Å². The molecule has 2 fully saturated rings. The number of carbonyl (C=O) groups excluding carboxylic acids is 2. The van der Waals surface area contributed by atoms with Crippen LogP contribution >= 0.6 is 11.3 Å². The van der Waals surface area contributed by atoms with Gasteiger partial charge in [-0.2, -0.15) is 15.3 Å². The maximum absolute atomic E-state index is 13.5. The van der Waals surface area contributed by atoms with Crippen LogP contribution in [0.25, 0.3) is 21.5 Å². The fraction of sp³-hybridized carbons (Fsp3) is 0.467. The van der Waals surface area contributed by atoms with E-state index in [-0.39, 0.29) is 17.9 Å². The SMILES string of the molecule is CN(C[C@@H]1CCCN(c2c(NC(=O)c3csc(-c4ccnnc4)n3)ccc3c2cnn3C2CC2)C1)C(=O)OC(C)(C)C. The Morgan fingerprint density at radius 3 is 2.71 bits per heavy atom. The first-order valence-corrected chi connectivity index (χ1v) is 15.3. The van der Waals surface area contributed by atoms with E-state index in [1.807, 2.05) is 45.2 Å². The van der Waals surface area contributed by atoms with E-state index < -0.39 is 5.60 Å². The molecule has 4 heterocycles. The first-order valence-electron chi connectivity index (χ1n) is 14.4. The lowest BCUT2D eigenvalue weighted by Crippen LogP contribution is -2.43. The monoisotopic (exact) mass is 588 g/mol. The van der Waals surface area contributed by atoms with Gasteiger partial charge in [0.25, 0.3) is 5.91 Å². The summed E-state index contributed by atoms with van der Waals surface area (Å²) in [6.07, 6.45) is 9.10. The van der Waals surface area contributed by atoms with Gasteiger partial charge in [-0.15, -0.1) is 11.3 Å². The fourth-order valence-corrected chi connectivity index (χ4v) is 6.28. The molecule has 0 radical (unpaired) electrons. The van der Waals surface area contributed by atoms with E-state index in [9.17, 15) is 9.59 Å². The standard InChI is InChI=1S/C30H36N8O3S/c1-30(2,3)41-29(40)36(4)16-19-6-5-13-37(17-19)26-22-15-33-38(21-7-8-21)25(22)10-9-23(26)34-27(39)24-18-42-28(35-24)20-11-12-31-32-14-20/h9-12,14-15,18-19,21H,5-8,13,16-17H2,1-4H3,(H,34,39)/t19-/m0/s1. The van der Waals surface area contributed by atoms with E-state index in [0.717, 1.165) is 66.6 Å². The number of aromatic nitrogens is 5. The minimum Gasteiger partial charge on any atom is -0.444 e. The normalized spacial score (nSPS) is 17.3. The van der Waals surface area contributed by atoms with Crippen molar-refractivity contribution >= 4 is 45.6 Å². The lowest BCUT2D eigenvalue weighted by molar-refractivity contribution is 0.0269. The van der Waals surface area contributed by atoms with Crippen LogP contribution in [0.2, 0.25) is 0 Å². The zero-order valence-corrected chi connectivity index (χ0v) is 25.2. The minimum atomic E-state index is -0.540. The molecule has 2 aliphatic rings. The topological polar surface area (TPSA) is 118 Å². The largest absolute Gasteiger partial charge is 0.444 e. The van der Waals surface area contributed by atoms with Crippen molar-refractivity contribution < 1.29 is 14.3 Å². The summed E-state index contributed by atoms with van der Waals surface area (Å²) in [5, 5.41) is 19.1. The van der Waals surface area contributed by atoms with Crippen LogP contribution in [0.15, 0.2) is 42.2 Å². The lowest BCUT2D eigenvalue weighted by Gasteiger charge is -2.37. The molecule has 4 aromatic rings. The number of nitrogens with zero attached hydrogens (tertiary/aromatic N) is 7. The molecule has 42 heavy (non-hydrogen) atoms. The van der Waals surface area contributed by atoms with Crippen molar-refractivity contribution in [1.29, 1.82) is 0 Å². The second-order valence-electron chi connectivity index (χ2n) is 12.2. The summed E-state index contributed by atoms with van der Waals surface area (Å²) in [6.45, 7) is 7.82. The van der Waals surface area contributed by atoms with Gasteiger partial charge < -0.3 is 19.9 Å². The van der Waals surface area contributed by atoms with Crippen LogP contribution in [0.4, 0.5) is 16.2 Å². The van der Waals surface area contributed by atoms with Crippen molar-refractivity contribution in [3.63, 3.8) is 0 Å². The average molecular weight is 589 g/mol. The number of carbonyl (C=O) groups is 2. The fourth-order valence-electron chi connectivity index (χ4n) is 5.49. The van der Waals surface area contributed by atoms with Crippen LogP contribution < -0.4 is 10.2 Å². The quantitative estimate of drug-likeness (QED) is 0.296. The molecule has 12 heteroatoms. The highest BCUT2D eigenvalue weighted by Gasteiger charge is 2.31. The molecule has 0 spiro atoms. The molecule has 2 amide bonds. The van der Waals surface area contributed by atoms with Gasteiger partial charge in [0.1, 0.15) is 16.3 Å². The van der Waals surface area contributed by atoms with E-state index in [1.54, 1.807) is 29.7 Å². The van der Waals surface area contributed by atoms with E-state index >= 15 is 0 Å². The highest BCUT2D eigenvalue weighted by atomic mass is 32.1. The van der Waals surface area contributed by atoms with E-state index in [4.69, 9.17) is 9.84 Å². The maximum atomic E-state index is 13.5. The summed E-state index contributed by atoms with van der Waals surface area (Å²) in [5.41, 5.74) is 3.39. The molecule has 1 N–H and O–H groups in total. The van der Waals surface area contributed by atoms with E-state index in [2.05, 4.69) is 30.1 Å². The van der Waals surface area contributed by atoms with Crippen LogP contribution in [-0.2, 0) is 4.74 Å². The average Bonchev–Trinajstić information content (AvgIpc) is 3.51. The first-order chi connectivity index (χ1) is 20.2. The predicted molar refractivity (Wildman–Crippen MR) is 163 cm³/mol. The second-order valence-corrected chi connectivity index (χ2v) is 13.0. The third-order valence-electron chi connectivity index (χ3n) is 7.53. The predicted octanol–water partition coefficient (Wildman–Crippen LogP) is 5.62. The molecule has 1 saturated heterocycles. The van der Waals surface area contributed by atoms with Gasteiger partial charge in [0.05, 0.1) is 41.5 Å². The maximum Gasteiger partial charge on any atom is 0.410 e. The molecule has 1 atom stereocenters. The number of ether oxygens (including phenoxy) is 1. The number of thiazole rings is 1. The number of piperidine rings is 1. The smallest absolute Gasteiger partial charge is 0.410 e. The Hall–Kier alpha value is -4.06. The number of rotatable bonds is 7. The molecule has 3 aromatic heterocycles. The number of fused-ring (bicyclic) bond motifs is 1. The van der Waals surface area contributed by atoms with Crippen molar-refractivity contribution in [2.24, 2.45) is 5.92 Å². The Bertz CT molecular complexity index is 1590. The van der Waals surface area contributed by atoms with Gasteiger partial charge in [-0.05, 0) is 70.6 Å². The van der Waals surface area contributed by atoms with Gasteiger partial charge in [-0.3, -0.25) is 9.48 Å². The lowest BCUT2D eigenvalue weighted by atomic mass is 9.96. The van der Waals surface area contributed by atoms with Crippen LogP contribution in [0, 0.1) is 5.92 Å². The third-order valence-corrected chi connectivity index (χ3v) is 8.42. The second kappa shape index (κ2) is 11.3.